The summed E-state index contributed by atoms with van der Waals surface area (Å²) in [7, 11) is 0. The van der Waals surface area contributed by atoms with E-state index >= 15 is 0 Å². The highest BCUT2D eigenvalue weighted by molar-refractivity contribution is 6.31. The van der Waals surface area contributed by atoms with Gasteiger partial charge in [-0.15, -0.1) is 0 Å². The van der Waals surface area contributed by atoms with Crippen molar-refractivity contribution in [3.63, 3.8) is 0 Å². The topological polar surface area (TPSA) is 32.3 Å². The standard InChI is InChI=1S/C11H15ClFNO/c1-11(2,7-15)14-6-8-9(12)4-3-5-10(8)13/h3-5,14-15H,6-7H2,1-2H3. The van der Waals surface area contributed by atoms with Gasteiger partial charge in [-0.3, -0.25) is 0 Å². The molecule has 2 N–H and O–H groups in total. The molecule has 2 nitrogen and oxygen atoms in total. The van der Waals surface area contributed by atoms with E-state index in [9.17, 15) is 4.39 Å². The van der Waals surface area contributed by atoms with Crippen LogP contribution < -0.4 is 5.32 Å². The lowest BCUT2D eigenvalue weighted by molar-refractivity contribution is 0.187. The van der Waals surface area contributed by atoms with Gasteiger partial charge in [0.2, 0.25) is 0 Å². The number of aliphatic hydroxyl groups is 1. The second-order valence-corrected chi connectivity index (χ2v) is 4.50. The van der Waals surface area contributed by atoms with Crippen LogP contribution in [0.4, 0.5) is 4.39 Å². The van der Waals surface area contributed by atoms with Crippen molar-refractivity contribution in [1.82, 2.24) is 5.32 Å². The van der Waals surface area contributed by atoms with E-state index in [1.54, 1.807) is 12.1 Å². The van der Waals surface area contributed by atoms with Crippen molar-refractivity contribution < 1.29 is 9.50 Å². The van der Waals surface area contributed by atoms with E-state index < -0.39 is 5.54 Å². The Labute approximate surface area is 94.1 Å². The highest BCUT2D eigenvalue weighted by Crippen LogP contribution is 2.19. The Morgan fingerprint density at radius 2 is 2.13 bits per heavy atom. The molecular formula is C11H15ClFNO. The normalized spacial score (nSPS) is 11.8. The monoisotopic (exact) mass is 231 g/mol. The van der Waals surface area contributed by atoms with Crippen LogP contribution in [0.1, 0.15) is 19.4 Å². The second-order valence-electron chi connectivity index (χ2n) is 4.10. The Bertz CT molecular complexity index is 321. The number of hydrogen-bond donors (Lipinski definition) is 2. The summed E-state index contributed by atoms with van der Waals surface area (Å²) in [6.07, 6.45) is 0. The summed E-state index contributed by atoms with van der Waals surface area (Å²) in [6.45, 7) is 3.96. The highest BCUT2D eigenvalue weighted by Gasteiger charge is 2.16. The van der Waals surface area contributed by atoms with E-state index in [1.165, 1.54) is 6.07 Å². The Kier molecular flexibility index (Phi) is 4.08. The summed E-state index contributed by atoms with van der Waals surface area (Å²) >= 11 is 5.86. The van der Waals surface area contributed by atoms with Gasteiger partial charge in [-0.1, -0.05) is 17.7 Å². The van der Waals surface area contributed by atoms with Gasteiger partial charge in [-0.05, 0) is 26.0 Å². The molecule has 0 radical (unpaired) electrons. The third-order valence-electron chi connectivity index (χ3n) is 2.20. The summed E-state index contributed by atoms with van der Waals surface area (Å²) in [5.74, 6) is -0.330. The van der Waals surface area contributed by atoms with E-state index in [4.69, 9.17) is 16.7 Å². The Balaban J connectivity index is 2.73. The summed E-state index contributed by atoms with van der Waals surface area (Å²) in [5.41, 5.74) is -0.00768. The number of halogens is 2. The lowest BCUT2D eigenvalue weighted by atomic mass is 10.1. The highest BCUT2D eigenvalue weighted by atomic mass is 35.5. The van der Waals surface area contributed by atoms with Crippen LogP contribution in [-0.2, 0) is 6.54 Å². The van der Waals surface area contributed by atoms with Crippen LogP contribution in [0.25, 0.3) is 0 Å². The SMILES string of the molecule is CC(C)(CO)NCc1c(F)cccc1Cl. The molecule has 0 heterocycles. The lowest BCUT2D eigenvalue weighted by Crippen LogP contribution is -2.42. The molecule has 0 aliphatic rings. The zero-order valence-electron chi connectivity index (χ0n) is 8.85. The molecule has 4 heteroatoms. The lowest BCUT2D eigenvalue weighted by Gasteiger charge is -2.23. The molecule has 0 fully saturated rings. The molecule has 0 unspecified atom stereocenters. The Hall–Kier alpha value is -0.640. The molecule has 1 rings (SSSR count). The maximum atomic E-state index is 13.3. The molecule has 0 saturated heterocycles. The minimum atomic E-state index is -0.439. The van der Waals surface area contributed by atoms with Gasteiger partial charge in [0.25, 0.3) is 0 Å². The smallest absolute Gasteiger partial charge is 0.129 e. The van der Waals surface area contributed by atoms with Crippen molar-refractivity contribution in [2.75, 3.05) is 6.61 Å². The molecule has 1 aromatic carbocycles. The number of hydrogen-bond acceptors (Lipinski definition) is 2. The molecular weight excluding hydrogens is 217 g/mol. The fourth-order valence-electron chi connectivity index (χ4n) is 1.08. The van der Waals surface area contributed by atoms with E-state index in [1.807, 2.05) is 13.8 Å². The van der Waals surface area contributed by atoms with Gasteiger partial charge in [-0.25, -0.2) is 4.39 Å². The summed E-state index contributed by atoms with van der Waals surface area (Å²) in [4.78, 5) is 0. The molecule has 0 aliphatic heterocycles. The van der Waals surface area contributed by atoms with E-state index in [-0.39, 0.29) is 12.4 Å². The first-order chi connectivity index (χ1) is 6.96. The van der Waals surface area contributed by atoms with Gasteiger partial charge in [0.05, 0.1) is 6.61 Å². The molecule has 0 saturated carbocycles. The van der Waals surface area contributed by atoms with Crippen molar-refractivity contribution in [2.24, 2.45) is 0 Å². The molecule has 0 atom stereocenters. The fourth-order valence-corrected chi connectivity index (χ4v) is 1.31. The summed E-state index contributed by atoms with van der Waals surface area (Å²) in [6, 6.07) is 4.58. The van der Waals surface area contributed by atoms with Gasteiger partial charge in [0.1, 0.15) is 5.82 Å². The Morgan fingerprint density at radius 1 is 1.47 bits per heavy atom. The van der Waals surface area contributed by atoms with Crippen LogP contribution in [-0.4, -0.2) is 17.3 Å². The van der Waals surface area contributed by atoms with Crippen LogP contribution in [0, 0.1) is 5.82 Å². The average molecular weight is 232 g/mol. The molecule has 0 aromatic heterocycles. The van der Waals surface area contributed by atoms with Crippen molar-refractivity contribution in [1.29, 1.82) is 0 Å². The predicted octanol–water partition coefficient (Wildman–Crippen LogP) is 2.34. The van der Waals surface area contributed by atoms with E-state index in [0.29, 0.717) is 17.1 Å². The molecule has 15 heavy (non-hydrogen) atoms. The average Bonchev–Trinajstić information content (AvgIpc) is 2.17. The van der Waals surface area contributed by atoms with Crippen LogP contribution >= 0.6 is 11.6 Å². The van der Waals surface area contributed by atoms with Gasteiger partial charge in [-0.2, -0.15) is 0 Å². The first kappa shape index (κ1) is 12.4. The number of aliphatic hydroxyl groups excluding tert-OH is 1. The van der Waals surface area contributed by atoms with Gasteiger partial charge in [0.15, 0.2) is 0 Å². The van der Waals surface area contributed by atoms with E-state index in [2.05, 4.69) is 5.32 Å². The maximum Gasteiger partial charge on any atom is 0.129 e. The zero-order valence-corrected chi connectivity index (χ0v) is 9.61. The minimum absolute atomic E-state index is 0.0148. The van der Waals surface area contributed by atoms with Crippen molar-refractivity contribution in [3.05, 3.63) is 34.6 Å². The molecule has 0 aliphatic carbocycles. The van der Waals surface area contributed by atoms with Gasteiger partial charge >= 0.3 is 0 Å². The number of nitrogens with one attached hydrogen (secondary N) is 1. The maximum absolute atomic E-state index is 13.3. The minimum Gasteiger partial charge on any atom is -0.394 e. The van der Waals surface area contributed by atoms with Crippen LogP contribution in [0.3, 0.4) is 0 Å². The Morgan fingerprint density at radius 3 is 2.67 bits per heavy atom. The summed E-state index contributed by atoms with van der Waals surface area (Å²) in [5, 5.41) is 12.5. The molecule has 0 spiro atoms. The molecule has 84 valence electrons. The molecule has 1 aromatic rings. The first-order valence-corrected chi connectivity index (χ1v) is 5.13. The van der Waals surface area contributed by atoms with Crippen LogP contribution in [0.5, 0.6) is 0 Å². The molecule has 0 amide bonds. The molecule has 0 bridgehead atoms. The fraction of sp³-hybridized carbons (Fsp3) is 0.455. The predicted molar refractivity (Wildman–Crippen MR) is 59.4 cm³/mol. The van der Waals surface area contributed by atoms with Gasteiger partial charge in [0, 0.05) is 22.7 Å². The second kappa shape index (κ2) is 4.92. The number of rotatable bonds is 4. The van der Waals surface area contributed by atoms with Gasteiger partial charge < -0.3 is 10.4 Å². The van der Waals surface area contributed by atoms with Crippen molar-refractivity contribution >= 4 is 11.6 Å². The largest absolute Gasteiger partial charge is 0.394 e. The quantitative estimate of drug-likeness (QED) is 0.834. The van der Waals surface area contributed by atoms with Crippen molar-refractivity contribution in [3.8, 4) is 0 Å². The van der Waals surface area contributed by atoms with E-state index in [0.717, 1.165) is 0 Å². The zero-order chi connectivity index (χ0) is 11.5. The third-order valence-corrected chi connectivity index (χ3v) is 2.55. The third kappa shape index (κ3) is 3.45. The van der Waals surface area contributed by atoms with Crippen molar-refractivity contribution in [2.45, 2.75) is 25.9 Å². The van der Waals surface area contributed by atoms with Crippen LogP contribution in [0.2, 0.25) is 5.02 Å². The summed E-state index contributed by atoms with van der Waals surface area (Å²) < 4.78 is 13.3. The van der Waals surface area contributed by atoms with Crippen LogP contribution in [0.15, 0.2) is 18.2 Å². The first-order valence-electron chi connectivity index (χ1n) is 4.75. The number of benzene rings is 1.